The molecule has 9 aromatic carbocycles. The molecule has 0 saturated heterocycles. The molecule has 2 nitrogen and oxygen atoms in total. The first-order valence-corrected chi connectivity index (χ1v) is 31.4. The van der Waals surface area contributed by atoms with Crippen molar-refractivity contribution < 1.29 is 0 Å². The summed E-state index contributed by atoms with van der Waals surface area (Å²) in [5, 5.41) is 3.90. The van der Waals surface area contributed by atoms with Crippen LogP contribution in [0.2, 0.25) is 0 Å². The third-order valence-corrected chi connectivity index (χ3v) is 18.7. The van der Waals surface area contributed by atoms with E-state index in [0.717, 1.165) is 49.2 Å². The first-order valence-electron chi connectivity index (χ1n) is 31.4. The Kier molecular flexibility index (Phi) is 14.6. The minimum Gasteiger partial charge on any atom is -0.311 e. The molecule has 4 aliphatic carbocycles. The highest BCUT2D eigenvalue weighted by molar-refractivity contribution is 5.90. The Morgan fingerprint density at radius 1 is 0.570 bits per heavy atom. The van der Waals surface area contributed by atoms with Crippen LogP contribution in [0.5, 0.6) is 0 Å². The molecule has 4 aliphatic rings. The average molecular weight is 1110 g/mol. The summed E-state index contributed by atoms with van der Waals surface area (Å²) in [4.78, 5) is 2.41. The average Bonchev–Trinajstić information content (AvgIpc) is 1.58. The lowest BCUT2D eigenvalue weighted by molar-refractivity contribution is 0.301. The number of anilines is 2. The van der Waals surface area contributed by atoms with Gasteiger partial charge < -0.3 is 9.47 Å². The van der Waals surface area contributed by atoms with Crippen LogP contribution in [-0.2, 0) is 11.8 Å². The lowest BCUT2D eigenvalue weighted by Crippen LogP contribution is -2.32. The lowest BCUT2D eigenvalue weighted by Gasteiger charge is -2.34. The van der Waals surface area contributed by atoms with Gasteiger partial charge in [-0.2, -0.15) is 0 Å². The largest absolute Gasteiger partial charge is 0.311 e. The number of aromatic nitrogens is 1. The van der Waals surface area contributed by atoms with Crippen LogP contribution in [0.25, 0.3) is 56.6 Å². The molecule has 0 aliphatic heterocycles. The van der Waals surface area contributed by atoms with Gasteiger partial charge in [0.25, 0.3) is 0 Å². The third-order valence-electron chi connectivity index (χ3n) is 18.7. The van der Waals surface area contributed by atoms with E-state index < -0.39 is 5.41 Å². The van der Waals surface area contributed by atoms with Crippen molar-refractivity contribution in [1.82, 2.24) is 4.57 Å². The molecule has 1 heterocycles. The molecule has 0 fully saturated rings. The van der Waals surface area contributed by atoms with E-state index in [-0.39, 0.29) is 11.3 Å². The second kappa shape index (κ2) is 23.0. The molecular formula is C84H76N2. The Labute approximate surface area is 509 Å². The van der Waals surface area contributed by atoms with Gasteiger partial charge in [-0.05, 0) is 189 Å². The summed E-state index contributed by atoms with van der Waals surface area (Å²) in [7, 11) is 0. The number of hydrogen-bond donors (Lipinski definition) is 0. The van der Waals surface area contributed by atoms with Gasteiger partial charge in [-0.15, -0.1) is 0 Å². The zero-order valence-corrected chi connectivity index (χ0v) is 50.4. The fourth-order valence-electron chi connectivity index (χ4n) is 14.6. The molecule has 422 valence electrons. The van der Waals surface area contributed by atoms with Crippen LogP contribution in [0.3, 0.4) is 0 Å². The van der Waals surface area contributed by atoms with E-state index in [1.807, 2.05) is 0 Å². The van der Waals surface area contributed by atoms with Gasteiger partial charge in [-0.3, -0.25) is 0 Å². The molecule has 0 spiro atoms. The van der Waals surface area contributed by atoms with Gasteiger partial charge in [0.1, 0.15) is 0 Å². The van der Waals surface area contributed by atoms with E-state index in [9.17, 15) is 0 Å². The summed E-state index contributed by atoms with van der Waals surface area (Å²) < 4.78 is 2.58. The molecular weight excluding hydrogens is 1040 g/mol. The molecule has 0 saturated carbocycles. The fraction of sp³-hybridized carbons (Fsp3) is 0.190. The minimum absolute atomic E-state index is 0.255. The number of allylic oxidation sites excluding steroid dienone is 9. The van der Waals surface area contributed by atoms with Crippen LogP contribution in [0.1, 0.15) is 123 Å². The predicted molar refractivity (Wildman–Crippen MR) is 365 cm³/mol. The Morgan fingerprint density at radius 3 is 1.90 bits per heavy atom. The van der Waals surface area contributed by atoms with E-state index in [4.69, 9.17) is 0 Å². The fourth-order valence-corrected chi connectivity index (χ4v) is 14.6. The number of nitrogens with zero attached hydrogens (tertiary/aromatic N) is 2. The molecule has 10 aromatic rings. The number of rotatable bonds is 14. The highest BCUT2D eigenvalue weighted by Gasteiger charge is 2.46. The first-order chi connectivity index (χ1) is 42.1. The van der Waals surface area contributed by atoms with Crippen molar-refractivity contribution in [3.05, 3.63) is 333 Å². The Balaban J connectivity index is 0.869. The van der Waals surface area contributed by atoms with E-state index in [2.05, 4.69) is 323 Å². The smallest absolute Gasteiger partial charge is 0.0714 e. The molecule has 0 N–H and O–H groups in total. The van der Waals surface area contributed by atoms with Crippen LogP contribution in [0, 0.1) is 11.3 Å². The zero-order valence-electron chi connectivity index (χ0n) is 50.4. The van der Waals surface area contributed by atoms with Crippen molar-refractivity contribution in [3.8, 4) is 27.9 Å². The highest BCUT2D eigenvalue weighted by Crippen LogP contribution is 2.56. The van der Waals surface area contributed by atoms with Crippen LogP contribution in [-0.4, -0.2) is 4.57 Å². The van der Waals surface area contributed by atoms with Crippen molar-refractivity contribution in [2.75, 3.05) is 4.90 Å². The monoisotopic (exact) mass is 1110 g/mol. The number of hydrogen-bond acceptors (Lipinski definition) is 1. The maximum atomic E-state index is 2.60. The quantitative estimate of drug-likeness (QED) is 0.105. The van der Waals surface area contributed by atoms with Gasteiger partial charge in [0.05, 0.1) is 10.9 Å². The summed E-state index contributed by atoms with van der Waals surface area (Å²) in [6.45, 7) is 11.9. The number of benzene rings is 9. The molecule has 2 atom stereocenters. The van der Waals surface area contributed by atoms with Crippen LogP contribution < -0.4 is 15.5 Å². The van der Waals surface area contributed by atoms with Gasteiger partial charge in [-0.25, -0.2) is 0 Å². The zero-order chi connectivity index (χ0) is 58.4. The normalized spacial score (nSPS) is 16.2. The summed E-state index contributed by atoms with van der Waals surface area (Å²) >= 11 is 0. The second-order valence-electron chi connectivity index (χ2n) is 25.9. The van der Waals surface area contributed by atoms with Crippen LogP contribution in [0.4, 0.5) is 11.4 Å². The van der Waals surface area contributed by atoms with Crippen molar-refractivity contribution >= 4 is 40.0 Å². The van der Waals surface area contributed by atoms with Gasteiger partial charge in [-0.1, -0.05) is 259 Å². The molecule has 86 heavy (non-hydrogen) atoms. The van der Waals surface area contributed by atoms with E-state index in [1.54, 1.807) is 0 Å². The molecule has 14 rings (SSSR count). The van der Waals surface area contributed by atoms with Gasteiger partial charge in [0, 0.05) is 44.6 Å². The van der Waals surface area contributed by atoms with E-state index in [0.29, 0.717) is 11.8 Å². The molecule has 2 heteroatoms. The van der Waals surface area contributed by atoms with Gasteiger partial charge in [0.15, 0.2) is 0 Å². The first kappa shape index (κ1) is 54.7. The number of fused-ring (bicyclic) bond motifs is 6. The summed E-state index contributed by atoms with van der Waals surface area (Å²) in [6.07, 6.45) is 27.5. The predicted octanol–water partition coefficient (Wildman–Crippen LogP) is 20.5. The van der Waals surface area contributed by atoms with Crippen molar-refractivity contribution in [1.29, 1.82) is 0 Å². The minimum atomic E-state index is -0.497. The molecule has 1 aromatic heterocycles. The summed E-state index contributed by atoms with van der Waals surface area (Å²) in [5.74, 6) is 1.35. The van der Waals surface area contributed by atoms with Crippen molar-refractivity contribution in [2.45, 2.75) is 90.4 Å². The Hall–Kier alpha value is -9.24. The maximum Gasteiger partial charge on any atom is 0.0714 e. The SMILES string of the molecule is CC(C)C(CC(C)(C)C)c1ccc(C2C=c3c(n(-c4ccc5c(c4)C(c4ccccc4)(c4ccccc4)c4ccccc4-5)c4ccc(CC5=CC=C(N(c6ccc(C7=CCCC=C7)cc6)c6ccc(-c7ccccc7)cc6)C=CC5)cc34)=CC2)cc1. The van der Waals surface area contributed by atoms with Gasteiger partial charge in [0.2, 0.25) is 0 Å². The molecule has 0 radical (unpaired) electrons. The second-order valence-corrected chi connectivity index (χ2v) is 25.9. The highest BCUT2D eigenvalue weighted by atomic mass is 15.1. The maximum absolute atomic E-state index is 2.60. The van der Waals surface area contributed by atoms with Gasteiger partial charge >= 0.3 is 0 Å². The molecule has 2 unspecified atom stereocenters. The van der Waals surface area contributed by atoms with Crippen molar-refractivity contribution in [2.24, 2.45) is 11.3 Å². The van der Waals surface area contributed by atoms with E-state index >= 15 is 0 Å². The molecule has 0 bridgehead atoms. The van der Waals surface area contributed by atoms with Crippen molar-refractivity contribution in [3.63, 3.8) is 0 Å². The Bertz CT molecular complexity index is 4380. The van der Waals surface area contributed by atoms with E-state index in [1.165, 1.54) is 111 Å². The topological polar surface area (TPSA) is 8.17 Å². The van der Waals surface area contributed by atoms with Crippen LogP contribution in [0.15, 0.2) is 278 Å². The molecule has 0 amide bonds. The Morgan fingerprint density at radius 2 is 1.22 bits per heavy atom. The third kappa shape index (κ3) is 10.3. The lowest BCUT2D eigenvalue weighted by atomic mass is 9.67. The summed E-state index contributed by atoms with van der Waals surface area (Å²) in [6, 6.07) is 84.7. The summed E-state index contributed by atoms with van der Waals surface area (Å²) in [5.41, 5.74) is 23.9. The van der Waals surface area contributed by atoms with Crippen LogP contribution >= 0.6 is 0 Å². The standard InChI is InChI=1S/C84H76N2/c1-58(2)78(57-83(3,4)5)66-37-35-65(36-38-66)67-43-52-82-77(55-67)76-54-60(34-51-81(76)86(82)73-49-50-75-74-31-18-19-32-79(74)84(80(75)56-73,68-26-14-8-15-27-68)69-28-16-9-17-29-69)53-59-21-20-30-70(44-33-59)85(71-45-39-63(40-46-71)61-22-10-6-11-23-61)72-47-41-64(42-48-72)62-24-12-7-13-25-62/h6,8-12,14-20,22-42,44-52,54-56,58,67,78H,7,13,21,43,53,57H2,1-5H3.